The van der Waals surface area contributed by atoms with Crippen LogP contribution in [0, 0.1) is 32.1 Å². The molecule has 0 saturated heterocycles. The van der Waals surface area contributed by atoms with Gasteiger partial charge in [-0.05, 0) is 20.8 Å². The first-order valence-corrected chi connectivity index (χ1v) is 8.16. The molecular formula is C15H13N5O4S. The molecule has 3 aromatic heterocycles. The lowest BCUT2D eigenvalue weighted by atomic mass is 10.2. The van der Waals surface area contributed by atoms with Gasteiger partial charge in [-0.1, -0.05) is 16.9 Å². The molecule has 0 bridgehead atoms. The van der Waals surface area contributed by atoms with Crippen LogP contribution in [0.5, 0.6) is 0 Å². The Bertz CT molecular complexity index is 965. The molecule has 1 N–H and O–H groups in total. The fraction of sp³-hybridized carbons (Fsp3) is 0.267. The Morgan fingerprint density at radius 1 is 1.32 bits per heavy atom. The fourth-order valence-corrected chi connectivity index (χ4v) is 2.54. The summed E-state index contributed by atoms with van der Waals surface area (Å²) in [4.78, 5) is 12.0. The van der Waals surface area contributed by atoms with E-state index in [2.05, 4.69) is 20.7 Å². The van der Waals surface area contributed by atoms with Crippen molar-refractivity contribution in [1.82, 2.24) is 15.4 Å². The SMILES string of the molecule is Cc1cc(-c2nnc(SCC(=O)Nc3oc(C)c(C)c3C#N)o2)no1. The second-order valence-corrected chi connectivity index (χ2v) is 6.06. The van der Waals surface area contributed by atoms with E-state index in [0.29, 0.717) is 28.3 Å². The number of hydrogen-bond donors (Lipinski definition) is 1. The molecule has 1 amide bonds. The number of aryl methyl sites for hydroxylation is 2. The summed E-state index contributed by atoms with van der Waals surface area (Å²) in [5.41, 5.74) is 1.45. The number of carbonyl (C=O) groups excluding carboxylic acids is 1. The standard InChI is InChI=1S/C15H13N5O4S/c1-7-4-11(20-24-7)14-18-19-15(23-14)25-6-12(21)17-13-10(5-16)8(2)9(3)22-13/h4H,6H2,1-3H3,(H,17,21). The van der Waals surface area contributed by atoms with E-state index in [4.69, 9.17) is 18.6 Å². The molecule has 0 aromatic carbocycles. The summed E-state index contributed by atoms with van der Waals surface area (Å²) in [5, 5.41) is 23.4. The van der Waals surface area contributed by atoms with Gasteiger partial charge >= 0.3 is 0 Å². The maximum atomic E-state index is 12.0. The summed E-state index contributed by atoms with van der Waals surface area (Å²) in [5.74, 6) is 1.23. The number of thioether (sulfide) groups is 1. The van der Waals surface area contributed by atoms with Crippen LogP contribution >= 0.6 is 11.8 Å². The quantitative estimate of drug-likeness (QED) is 0.683. The second-order valence-electron chi connectivity index (χ2n) is 5.13. The minimum atomic E-state index is -0.354. The Kier molecular flexibility index (Phi) is 4.58. The summed E-state index contributed by atoms with van der Waals surface area (Å²) >= 11 is 1.06. The minimum absolute atomic E-state index is 0.0170. The van der Waals surface area contributed by atoms with Crippen LogP contribution in [0.2, 0.25) is 0 Å². The smallest absolute Gasteiger partial charge is 0.277 e. The molecule has 0 fully saturated rings. The van der Waals surface area contributed by atoms with Gasteiger partial charge in [-0.15, -0.1) is 10.2 Å². The number of rotatable bonds is 5. The molecule has 0 aliphatic heterocycles. The first kappa shape index (κ1) is 16.8. The van der Waals surface area contributed by atoms with Crippen molar-refractivity contribution < 1.29 is 18.2 Å². The normalized spacial score (nSPS) is 10.6. The van der Waals surface area contributed by atoms with Gasteiger partial charge in [-0.25, -0.2) is 0 Å². The van der Waals surface area contributed by atoms with Crippen LogP contribution in [0.15, 0.2) is 24.6 Å². The van der Waals surface area contributed by atoms with Gasteiger partial charge in [-0.2, -0.15) is 5.26 Å². The van der Waals surface area contributed by atoms with Crippen molar-refractivity contribution in [1.29, 1.82) is 5.26 Å². The summed E-state index contributed by atoms with van der Waals surface area (Å²) in [7, 11) is 0. The third-order valence-electron chi connectivity index (χ3n) is 3.33. The van der Waals surface area contributed by atoms with Crippen LogP contribution in [0.3, 0.4) is 0 Å². The molecule has 0 aliphatic rings. The van der Waals surface area contributed by atoms with Crippen molar-refractivity contribution in [3.05, 3.63) is 28.7 Å². The summed E-state index contributed by atoms with van der Waals surface area (Å²) in [6.45, 7) is 5.24. The average molecular weight is 359 g/mol. The molecule has 10 heteroatoms. The monoisotopic (exact) mass is 359 g/mol. The number of hydrogen-bond acceptors (Lipinski definition) is 9. The van der Waals surface area contributed by atoms with Gasteiger partial charge < -0.3 is 13.4 Å². The first-order valence-electron chi connectivity index (χ1n) is 7.18. The van der Waals surface area contributed by atoms with E-state index < -0.39 is 0 Å². The summed E-state index contributed by atoms with van der Waals surface area (Å²) in [6.07, 6.45) is 0. The Morgan fingerprint density at radius 3 is 2.80 bits per heavy atom. The van der Waals surface area contributed by atoms with Crippen LogP contribution in [0.25, 0.3) is 11.6 Å². The van der Waals surface area contributed by atoms with Gasteiger partial charge in [0.05, 0.1) is 5.75 Å². The van der Waals surface area contributed by atoms with Gasteiger partial charge in [0.2, 0.25) is 11.8 Å². The van der Waals surface area contributed by atoms with Gasteiger partial charge in [0, 0.05) is 11.6 Å². The average Bonchev–Trinajstić information content (AvgIpc) is 3.27. The van der Waals surface area contributed by atoms with Crippen molar-refractivity contribution in [2.24, 2.45) is 0 Å². The highest BCUT2D eigenvalue weighted by Crippen LogP contribution is 2.26. The topological polar surface area (TPSA) is 131 Å². The highest BCUT2D eigenvalue weighted by molar-refractivity contribution is 7.99. The highest BCUT2D eigenvalue weighted by atomic mass is 32.2. The van der Waals surface area contributed by atoms with Crippen molar-refractivity contribution >= 4 is 23.6 Å². The number of carbonyl (C=O) groups is 1. The van der Waals surface area contributed by atoms with E-state index in [1.165, 1.54) is 0 Å². The number of aromatic nitrogens is 3. The molecule has 0 atom stereocenters. The zero-order valence-electron chi connectivity index (χ0n) is 13.6. The van der Waals surface area contributed by atoms with Crippen molar-refractivity contribution in [2.45, 2.75) is 26.0 Å². The molecule has 0 unspecified atom stereocenters. The number of nitriles is 1. The largest absolute Gasteiger partial charge is 0.444 e. The van der Waals surface area contributed by atoms with Crippen LogP contribution < -0.4 is 5.32 Å². The van der Waals surface area contributed by atoms with Crippen LogP contribution in [-0.2, 0) is 4.79 Å². The molecule has 0 spiro atoms. The van der Waals surface area contributed by atoms with E-state index in [9.17, 15) is 4.79 Å². The van der Waals surface area contributed by atoms with Crippen molar-refractivity contribution in [3.63, 3.8) is 0 Å². The predicted molar refractivity (Wildman–Crippen MR) is 86.8 cm³/mol. The lowest BCUT2D eigenvalue weighted by Gasteiger charge is -2.00. The molecule has 3 heterocycles. The molecular weight excluding hydrogens is 346 g/mol. The number of amides is 1. The molecule has 0 aliphatic carbocycles. The lowest BCUT2D eigenvalue weighted by molar-refractivity contribution is -0.113. The van der Waals surface area contributed by atoms with Gasteiger partial charge in [0.1, 0.15) is 23.2 Å². The number of nitrogens with one attached hydrogen (secondary N) is 1. The Morgan fingerprint density at radius 2 is 2.12 bits per heavy atom. The molecule has 3 rings (SSSR count). The predicted octanol–water partition coefficient (Wildman–Crippen LogP) is 2.85. The van der Waals surface area contributed by atoms with Crippen molar-refractivity contribution in [3.8, 4) is 17.7 Å². The van der Waals surface area contributed by atoms with Crippen LogP contribution in [0.1, 0.15) is 22.6 Å². The Balaban J connectivity index is 1.61. The third kappa shape index (κ3) is 3.56. The van der Waals surface area contributed by atoms with Gasteiger partial charge in [0.15, 0.2) is 5.69 Å². The molecule has 128 valence electrons. The van der Waals surface area contributed by atoms with E-state index in [1.807, 2.05) is 6.07 Å². The molecule has 0 radical (unpaired) electrons. The van der Waals surface area contributed by atoms with E-state index in [-0.39, 0.29) is 28.7 Å². The molecule has 9 nitrogen and oxygen atoms in total. The van der Waals surface area contributed by atoms with Crippen LogP contribution in [-0.4, -0.2) is 27.0 Å². The Labute approximate surface area is 146 Å². The molecule has 3 aromatic rings. The zero-order chi connectivity index (χ0) is 18.0. The molecule has 0 saturated carbocycles. The maximum Gasteiger partial charge on any atom is 0.277 e. The Hall–Kier alpha value is -3.06. The van der Waals surface area contributed by atoms with E-state index >= 15 is 0 Å². The van der Waals surface area contributed by atoms with E-state index in [0.717, 1.165) is 11.8 Å². The van der Waals surface area contributed by atoms with Crippen LogP contribution in [0.4, 0.5) is 5.88 Å². The maximum absolute atomic E-state index is 12.0. The van der Waals surface area contributed by atoms with E-state index in [1.54, 1.807) is 26.8 Å². The van der Waals surface area contributed by atoms with Gasteiger partial charge in [0.25, 0.3) is 11.1 Å². The summed E-state index contributed by atoms with van der Waals surface area (Å²) < 4.78 is 15.7. The lowest BCUT2D eigenvalue weighted by Crippen LogP contribution is -2.14. The number of furan rings is 1. The van der Waals surface area contributed by atoms with Crippen molar-refractivity contribution in [2.75, 3.05) is 11.1 Å². The third-order valence-corrected chi connectivity index (χ3v) is 4.15. The number of nitrogens with zero attached hydrogens (tertiary/aromatic N) is 4. The number of anilines is 1. The summed E-state index contributed by atoms with van der Waals surface area (Å²) in [6, 6.07) is 3.68. The zero-order valence-corrected chi connectivity index (χ0v) is 14.4. The molecule has 25 heavy (non-hydrogen) atoms. The highest BCUT2D eigenvalue weighted by Gasteiger charge is 2.18. The fourth-order valence-electron chi connectivity index (χ4n) is 1.98. The van der Waals surface area contributed by atoms with Gasteiger partial charge in [-0.3, -0.25) is 10.1 Å². The minimum Gasteiger partial charge on any atom is -0.444 e. The second kappa shape index (κ2) is 6.82. The first-order chi connectivity index (χ1) is 12.0.